The van der Waals surface area contributed by atoms with Crippen molar-refractivity contribution in [3.63, 3.8) is 0 Å². The normalized spacial score (nSPS) is 14.9. The molecule has 1 unspecified atom stereocenters. The standard InChI is InChI=1S/C37H41FN6O5/c1-37(2,39)36(48)41-30(23-49-22-25-9-5-3-6-10-25)34(46)42-31-21-44(24-40-31)32(26-11-7-4-8-12-26)35(47)43-19-17-28(18-20-43)33(45)27-13-15-29(38)16-14-27/h3-16,21,24,28,30,32H,17-20,22-23,39H2,1-2H3,(H,41,48)(H,42,46)/t30-,32?/m1/s1. The van der Waals surface area contributed by atoms with Crippen LogP contribution in [0.4, 0.5) is 10.2 Å². The van der Waals surface area contributed by atoms with Gasteiger partial charge in [0.2, 0.25) is 11.8 Å². The van der Waals surface area contributed by atoms with Gasteiger partial charge in [0, 0.05) is 30.8 Å². The molecule has 5 rings (SSSR count). The number of imidazole rings is 1. The highest BCUT2D eigenvalue weighted by molar-refractivity contribution is 5.98. The third-order valence-corrected chi connectivity index (χ3v) is 8.41. The molecule has 2 heterocycles. The van der Waals surface area contributed by atoms with Gasteiger partial charge < -0.3 is 30.6 Å². The number of rotatable bonds is 13. The molecule has 2 atom stereocenters. The number of hydrogen-bond donors (Lipinski definition) is 3. The van der Waals surface area contributed by atoms with Gasteiger partial charge in [-0.3, -0.25) is 19.2 Å². The Bertz CT molecular complexity index is 1730. The molecule has 3 amide bonds. The van der Waals surface area contributed by atoms with Crippen LogP contribution in [0.5, 0.6) is 0 Å². The molecule has 1 aliphatic heterocycles. The molecule has 1 aromatic heterocycles. The van der Waals surface area contributed by atoms with E-state index in [2.05, 4.69) is 15.6 Å². The number of amides is 3. The summed E-state index contributed by atoms with van der Waals surface area (Å²) in [6, 6.07) is 22.3. The molecule has 11 nitrogen and oxygen atoms in total. The smallest absolute Gasteiger partial charge is 0.250 e. The van der Waals surface area contributed by atoms with Crippen LogP contribution in [-0.4, -0.2) is 69.2 Å². The number of benzene rings is 3. The van der Waals surface area contributed by atoms with Gasteiger partial charge in [0.1, 0.15) is 17.9 Å². The summed E-state index contributed by atoms with van der Waals surface area (Å²) in [7, 11) is 0. The first-order chi connectivity index (χ1) is 23.5. The molecule has 0 saturated carbocycles. The first-order valence-corrected chi connectivity index (χ1v) is 16.2. The van der Waals surface area contributed by atoms with Crippen molar-refractivity contribution in [2.45, 2.75) is 50.9 Å². The fourth-order valence-electron chi connectivity index (χ4n) is 5.61. The number of carbonyl (C=O) groups is 4. The van der Waals surface area contributed by atoms with Gasteiger partial charge in [0.05, 0.1) is 25.1 Å². The van der Waals surface area contributed by atoms with E-state index in [1.54, 1.807) is 15.7 Å². The largest absolute Gasteiger partial charge is 0.374 e. The van der Waals surface area contributed by atoms with Crippen LogP contribution in [0.15, 0.2) is 97.5 Å². The number of likely N-dealkylation sites (tertiary alicyclic amines) is 1. The summed E-state index contributed by atoms with van der Waals surface area (Å²) < 4.78 is 20.8. The van der Waals surface area contributed by atoms with Gasteiger partial charge in [-0.05, 0) is 62.1 Å². The number of Topliss-reactive ketones (excluding diaryl/α,β-unsaturated/α-hetero) is 1. The van der Waals surface area contributed by atoms with Crippen molar-refractivity contribution in [3.05, 3.63) is 120 Å². The summed E-state index contributed by atoms with van der Waals surface area (Å²) in [5.41, 5.74) is 6.82. The Kier molecular flexibility index (Phi) is 11.3. The SMILES string of the molecule is CC(C)(N)C(=O)N[C@H](COCc1ccccc1)C(=O)Nc1cn(C(C(=O)N2CCC(C(=O)c3ccc(F)cc3)CC2)c2ccccc2)cn1. The highest BCUT2D eigenvalue weighted by Gasteiger charge is 2.33. The monoisotopic (exact) mass is 668 g/mol. The molecule has 1 fully saturated rings. The molecule has 0 aliphatic carbocycles. The second-order valence-electron chi connectivity index (χ2n) is 12.7. The topological polar surface area (TPSA) is 149 Å². The van der Waals surface area contributed by atoms with E-state index in [9.17, 15) is 23.6 Å². The van der Waals surface area contributed by atoms with E-state index < -0.39 is 35.3 Å². The molecule has 0 radical (unpaired) electrons. The average Bonchev–Trinajstić information content (AvgIpc) is 3.56. The molecular weight excluding hydrogens is 627 g/mol. The van der Waals surface area contributed by atoms with Crippen molar-refractivity contribution in [2.24, 2.45) is 11.7 Å². The van der Waals surface area contributed by atoms with Crippen LogP contribution < -0.4 is 16.4 Å². The van der Waals surface area contributed by atoms with Crippen LogP contribution in [0.1, 0.15) is 54.2 Å². The maximum Gasteiger partial charge on any atom is 0.250 e. The first kappa shape index (κ1) is 35.1. The van der Waals surface area contributed by atoms with Gasteiger partial charge in [-0.2, -0.15) is 0 Å². The molecule has 0 bridgehead atoms. The maximum absolute atomic E-state index is 14.1. The van der Waals surface area contributed by atoms with Gasteiger partial charge in [-0.1, -0.05) is 60.7 Å². The fraction of sp³-hybridized carbons (Fsp3) is 0.324. The molecule has 1 aliphatic rings. The number of ether oxygens (including phenoxy) is 1. The third-order valence-electron chi connectivity index (χ3n) is 8.41. The number of ketones is 1. The van der Waals surface area contributed by atoms with E-state index in [4.69, 9.17) is 10.5 Å². The molecule has 49 heavy (non-hydrogen) atoms. The fourth-order valence-corrected chi connectivity index (χ4v) is 5.61. The zero-order valence-corrected chi connectivity index (χ0v) is 27.6. The highest BCUT2D eigenvalue weighted by Crippen LogP contribution is 2.27. The third kappa shape index (κ3) is 9.24. The molecule has 4 N–H and O–H groups in total. The predicted molar refractivity (Wildman–Crippen MR) is 182 cm³/mol. The number of halogens is 1. The van der Waals surface area contributed by atoms with E-state index in [0.717, 1.165) is 11.1 Å². The van der Waals surface area contributed by atoms with Crippen molar-refractivity contribution < 1.29 is 28.3 Å². The number of anilines is 1. The number of nitrogens with one attached hydrogen (secondary N) is 2. The number of nitrogens with zero attached hydrogens (tertiary/aromatic N) is 3. The second kappa shape index (κ2) is 15.8. The van der Waals surface area contributed by atoms with Gasteiger partial charge in [0.15, 0.2) is 11.6 Å². The van der Waals surface area contributed by atoms with E-state index >= 15 is 0 Å². The van der Waals surface area contributed by atoms with Crippen LogP contribution in [0.25, 0.3) is 0 Å². The summed E-state index contributed by atoms with van der Waals surface area (Å²) in [6.07, 6.45) is 3.99. The lowest BCUT2D eigenvalue weighted by molar-refractivity contribution is -0.134. The number of nitrogens with two attached hydrogens (primary N) is 1. The molecule has 256 valence electrons. The lowest BCUT2D eigenvalue weighted by Gasteiger charge is -2.34. The molecular formula is C37H41FN6O5. The summed E-state index contributed by atoms with van der Waals surface area (Å²) in [5, 5.41) is 5.40. The van der Waals surface area contributed by atoms with Crippen molar-refractivity contribution >= 4 is 29.3 Å². The van der Waals surface area contributed by atoms with Crippen molar-refractivity contribution in [2.75, 3.05) is 25.0 Å². The number of aromatic nitrogens is 2. The van der Waals surface area contributed by atoms with E-state index in [1.165, 1.54) is 44.4 Å². The number of piperidine rings is 1. The predicted octanol–water partition coefficient (Wildman–Crippen LogP) is 4.11. The molecule has 3 aromatic carbocycles. The Labute approximate surface area is 284 Å². The summed E-state index contributed by atoms with van der Waals surface area (Å²) in [6.45, 7) is 3.94. The maximum atomic E-state index is 14.1. The number of hydrogen-bond acceptors (Lipinski definition) is 7. The minimum Gasteiger partial charge on any atom is -0.374 e. The van der Waals surface area contributed by atoms with Crippen LogP contribution in [0, 0.1) is 11.7 Å². The average molecular weight is 669 g/mol. The lowest BCUT2D eigenvalue weighted by Crippen LogP contribution is -2.56. The Balaban J connectivity index is 1.27. The zero-order valence-electron chi connectivity index (χ0n) is 27.6. The van der Waals surface area contributed by atoms with Gasteiger partial charge in [0.25, 0.3) is 5.91 Å². The van der Waals surface area contributed by atoms with Gasteiger partial charge in [-0.15, -0.1) is 0 Å². The van der Waals surface area contributed by atoms with E-state index in [0.29, 0.717) is 31.5 Å². The Morgan fingerprint density at radius 3 is 2.22 bits per heavy atom. The summed E-state index contributed by atoms with van der Waals surface area (Å²) in [4.78, 5) is 59.3. The quantitative estimate of drug-likeness (QED) is 0.182. The van der Waals surface area contributed by atoms with Crippen molar-refractivity contribution in [1.82, 2.24) is 19.8 Å². The minimum absolute atomic E-state index is 0.0586. The van der Waals surface area contributed by atoms with Crippen molar-refractivity contribution in [3.8, 4) is 0 Å². The first-order valence-electron chi connectivity index (χ1n) is 16.2. The van der Waals surface area contributed by atoms with Crippen molar-refractivity contribution in [1.29, 1.82) is 0 Å². The minimum atomic E-state index is -1.23. The van der Waals surface area contributed by atoms with Crippen LogP contribution in [-0.2, 0) is 25.7 Å². The number of carbonyl (C=O) groups excluding carboxylic acids is 4. The molecule has 4 aromatic rings. The second-order valence-corrected chi connectivity index (χ2v) is 12.7. The van der Waals surface area contributed by atoms with E-state index in [-0.39, 0.29) is 36.6 Å². The lowest BCUT2D eigenvalue weighted by atomic mass is 9.88. The molecule has 12 heteroatoms. The van der Waals surface area contributed by atoms with Crippen LogP contribution >= 0.6 is 0 Å². The summed E-state index contributed by atoms with van der Waals surface area (Å²) in [5.74, 6) is -1.83. The Morgan fingerprint density at radius 1 is 0.959 bits per heavy atom. The van der Waals surface area contributed by atoms with Crippen LogP contribution in [0.2, 0.25) is 0 Å². The zero-order chi connectivity index (χ0) is 35.0. The molecule has 1 saturated heterocycles. The Morgan fingerprint density at radius 2 is 1.59 bits per heavy atom. The Hall–Kier alpha value is -5.20. The van der Waals surface area contributed by atoms with Gasteiger partial charge >= 0.3 is 0 Å². The molecule has 0 spiro atoms. The summed E-state index contributed by atoms with van der Waals surface area (Å²) >= 11 is 0. The van der Waals surface area contributed by atoms with Crippen LogP contribution in [0.3, 0.4) is 0 Å². The van der Waals surface area contributed by atoms with Gasteiger partial charge in [-0.25, -0.2) is 9.37 Å². The highest BCUT2D eigenvalue weighted by atomic mass is 19.1. The van der Waals surface area contributed by atoms with E-state index in [1.807, 2.05) is 60.7 Å².